The van der Waals surface area contributed by atoms with Gasteiger partial charge >= 0.3 is 0 Å². The van der Waals surface area contributed by atoms with Crippen LogP contribution in [-0.4, -0.2) is 0 Å². The van der Waals surface area contributed by atoms with Crippen LogP contribution in [0.3, 0.4) is 0 Å². The Hall–Kier alpha value is -4.42. The average molecular weight is 539 g/mol. The highest BCUT2D eigenvalue weighted by molar-refractivity contribution is 6.38. The molecule has 9 aromatic rings. The lowest BCUT2D eigenvalue weighted by molar-refractivity contribution is 0.594. The van der Waals surface area contributed by atoms with Crippen molar-refractivity contribution in [1.29, 1.82) is 0 Å². The highest BCUT2D eigenvalue weighted by atomic mass is 14.3. The van der Waals surface area contributed by atoms with Crippen LogP contribution < -0.4 is 0 Å². The monoisotopic (exact) mass is 538 g/mol. The summed E-state index contributed by atoms with van der Waals surface area (Å²) in [5.41, 5.74) is 2.87. The summed E-state index contributed by atoms with van der Waals surface area (Å²) in [5.74, 6) is 0. The maximum Gasteiger partial charge on any atom is -0.00199 e. The van der Waals surface area contributed by atoms with Gasteiger partial charge in [-0.1, -0.05) is 120 Å². The third kappa shape index (κ3) is 2.93. The van der Waals surface area contributed by atoms with Crippen LogP contribution in [0.15, 0.2) is 97.1 Å². The van der Waals surface area contributed by atoms with E-state index in [0.717, 1.165) is 0 Å². The lowest BCUT2D eigenvalue weighted by Crippen LogP contribution is -2.17. The van der Waals surface area contributed by atoms with Crippen LogP contribution in [0.2, 0.25) is 0 Å². The summed E-state index contributed by atoms with van der Waals surface area (Å²) in [5, 5.41) is 22.1. The van der Waals surface area contributed by atoms with Crippen molar-refractivity contribution in [2.24, 2.45) is 0 Å². The Labute approximate surface area is 246 Å². The van der Waals surface area contributed by atoms with Crippen LogP contribution in [0, 0.1) is 0 Å². The number of fused-ring (bicyclic) bond motifs is 9. The van der Waals surface area contributed by atoms with Gasteiger partial charge in [0, 0.05) is 0 Å². The standard InChI is InChI=1S/C42H34/c1-41(2,3)39-33-21-30-27-17-11-16-26-25-15-8-7-12-24(25)20-32(36(26)27)31(30)22-34(33)40(42(4,5)6)38-29-19-10-14-23-13-9-18-28(35(23)29)37(38)39/h7-22H,1-6H3. The lowest BCUT2D eigenvalue weighted by atomic mass is 9.74. The molecule has 9 aromatic carbocycles. The van der Waals surface area contributed by atoms with E-state index in [1.165, 1.54) is 97.3 Å². The lowest BCUT2D eigenvalue weighted by Gasteiger charge is -2.30. The molecule has 0 aliphatic heterocycles. The van der Waals surface area contributed by atoms with Gasteiger partial charge in [0.05, 0.1) is 0 Å². The normalized spacial score (nSPS) is 13.5. The van der Waals surface area contributed by atoms with Gasteiger partial charge in [0.1, 0.15) is 0 Å². The molecule has 0 aliphatic rings. The van der Waals surface area contributed by atoms with Crippen LogP contribution in [0.4, 0.5) is 0 Å². The Balaban J connectivity index is 1.63. The SMILES string of the molecule is CC(C)(C)c1c2cc3c(cc2c(C(C)(C)C)c2c4cccc5cccc(c12)c54)c1cc2ccccc2c2cccc3c21. The molecule has 0 aliphatic carbocycles. The first-order valence-corrected chi connectivity index (χ1v) is 15.3. The van der Waals surface area contributed by atoms with Crippen LogP contribution >= 0.6 is 0 Å². The van der Waals surface area contributed by atoms with Gasteiger partial charge in [-0.15, -0.1) is 0 Å². The molecule has 0 heterocycles. The summed E-state index contributed by atoms with van der Waals surface area (Å²) in [6.45, 7) is 14.4. The summed E-state index contributed by atoms with van der Waals surface area (Å²) in [7, 11) is 0. The molecule has 0 amide bonds. The van der Waals surface area contributed by atoms with Gasteiger partial charge in [-0.05, 0) is 126 Å². The largest absolute Gasteiger partial charge is 0.0616 e. The molecule has 42 heavy (non-hydrogen) atoms. The molecule has 0 saturated carbocycles. The topological polar surface area (TPSA) is 0 Å². The molecule has 0 atom stereocenters. The van der Waals surface area contributed by atoms with Crippen LogP contribution in [0.5, 0.6) is 0 Å². The van der Waals surface area contributed by atoms with Gasteiger partial charge in [0.25, 0.3) is 0 Å². The van der Waals surface area contributed by atoms with Crippen LogP contribution in [0.25, 0.3) is 86.2 Å². The van der Waals surface area contributed by atoms with Gasteiger partial charge in [0.15, 0.2) is 0 Å². The third-order valence-corrected chi connectivity index (χ3v) is 9.85. The quantitative estimate of drug-likeness (QED) is 0.168. The molecule has 0 saturated heterocycles. The average Bonchev–Trinajstić information content (AvgIpc) is 3.44. The van der Waals surface area contributed by atoms with E-state index in [2.05, 4.69) is 139 Å². The number of rotatable bonds is 0. The first-order chi connectivity index (χ1) is 20.1. The maximum atomic E-state index is 2.56. The summed E-state index contributed by atoms with van der Waals surface area (Å²) < 4.78 is 0. The van der Waals surface area contributed by atoms with Crippen molar-refractivity contribution in [3.63, 3.8) is 0 Å². The maximum absolute atomic E-state index is 2.56. The molecule has 0 bridgehead atoms. The van der Waals surface area contributed by atoms with Gasteiger partial charge in [-0.3, -0.25) is 0 Å². The second-order valence-corrected chi connectivity index (χ2v) is 14.5. The fourth-order valence-corrected chi connectivity index (χ4v) is 8.43. The smallest absolute Gasteiger partial charge is 0.00199 e. The van der Waals surface area contributed by atoms with E-state index < -0.39 is 0 Å². The predicted octanol–water partition coefficient (Wildman–Crippen LogP) is 12.4. The van der Waals surface area contributed by atoms with Crippen molar-refractivity contribution >= 4 is 86.2 Å². The highest BCUT2D eigenvalue weighted by Gasteiger charge is 2.31. The molecule has 0 heteroatoms. The minimum Gasteiger partial charge on any atom is -0.0616 e. The zero-order valence-corrected chi connectivity index (χ0v) is 25.2. The number of hydrogen-bond donors (Lipinski definition) is 0. The van der Waals surface area contributed by atoms with Crippen molar-refractivity contribution in [3.05, 3.63) is 108 Å². The van der Waals surface area contributed by atoms with Crippen molar-refractivity contribution in [3.8, 4) is 0 Å². The first-order valence-electron chi connectivity index (χ1n) is 15.3. The van der Waals surface area contributed by atoms with E-state index >= 15 is 0 Å². The second kappa shape index (κ2) is 7.69. The van der Waals surface area contributed by atoms with E-state index in [1.54, 1.807) is 0 Å². The first kappa shape index (κ1) is 24.2. The van der Waals surface area contributed by atoms with Crippen molar-refractivity contribution in [1.82, 2.24) is 0 Å². The molecule has 202 valence electrons. The van der Waals surface area contributed by atoms with Crippen molar-refractivity contribution in [2.45, 2.75) is 52.4 Å². The molecule has 0 aromatic heterocycles. The fraction of sp³-hybridized carbons (Fsp3) is 0.190. The summed E-state index contributed by atoms with van der Waals surface area (Å²) in [6.07, 6.45) is 0. The van der Waals surface area contributed by atoms with E-state index in [9.17, 15) is 0 Å². The van der Waals surface area contributed by atoms with E-state index in [-0.39, 0.29) is 10.8 Å². The van der Waals surface area contributed by atoms with Gasteiger partial charge in [-0.25, -0.2) is 0 Å². The third-order valence-electron chi connectivity index (χ3n) is 9.85. The van der Waals surface area contributed by atoms with E-state index in [1.807, 2.05) is 0 Å². The molecular weight excluding hydrogens is 504 g/mol. The van der Waals surface area contributed by atoms with Crippen LogP contribution in [0.1, 0.15) is 52.7 Å². The summed E-state index contributed by atoms with van der Waals surface area (Å²) in [4.78, 5) is 0. The minimum atomic E-state index is -0.0403. The molecule has 0 N–H and O–H groups in total. The molecule has 9 rings (SSSR count). The Morgan fingerprint density at radius 1 is 0.310 bits per heavy atom. The predicted molar refractivity (Wildman–Crippen MR) is 186 cm³/mol. The van der Waals surface area contributed by atoms with Crippen LogP contribution in [-0.2, 0) is 10.8 Å². The molecular formula is C42H34. The highest BCUT2D eigenvalue weighted by Crippen LogP contribution is 2.52. The zero-order valence-electron chi connectivity index (χ0n) is 25.2. The summed E-state index contributed by atoms with van der Waals surface area (Å²) >= 11 is 0. The van der Waals surface area contributed by atoms with Crippen molar-refractivity contribution in [2.75, 3.05) is 0 Å². The van der Waals surface area contributed by atoms with E-state index in [4.69, 9.17) is 0 Å². The Bertz CT molecular complexity index is 2560. The fourth-order valence-electron chi connectivity index (χ4n) is 8.43. The number of benzene rings is 7. The van der Waals surface area contributed by atoms with Gasteiger partial charge < -0.3 is 0 Å². The van der Waals surface area contributed by atoms with Crippen molar-refractivity contribution < 1.29 is 0 Å². The molecule has 0 fully saturated rings. The Morgan fingerprint density at radius 3 is 1.36 bits per heavy atom. The number of hydrogen-bond acceptors (Lipinski definition) is 0. The van der Waals surface area contributed by atoms with Gasteiger partial charge in [-0.2, -0.15) is 0 Å². The zero-order chi connectivity index (χ0) is 28.7. The second-order valence-electron chi connectivity index (χ2n) is 14.5. The molecule has 0 spiro atoms. The molecule has 0 radical (unpaired) electrons. The van der Waals surface area contributed by atoms with Gasteiger partial charge in [0.2, 0.25) is 0 Å². The summed E-state index contributed by atoms with van der Waals surface area (Å²) in [6, 6.07) is 37.1. The Morgan fingerprint density at radius 2 is 0.762 bits per heavy atom. The molecule has 0 nitrogen and oxygen atoms in total. The Kier molecular flexibility index (Phi) is 4.43. The van der Waals surface area contributed by atoms with E-state index in [0.29, 0.717) is 0 Å². The molecule has 0 unspecified atom stereocenters. The minimum absolute atomic E-state index is 0.0384.